The Morgan fingerprint density at radius 1 is 1.56 bits per heavy atom. The van der Waals surface area contributed by atoms with Crippen molar-refractivity contribution in [2.24, 2.45) is 11.5 Å². The van der Waals surface area contributed by atoms with Gasteiger partial charge in [-0.3, -0.25) is 4.79 Å². The highest BCUT2D eigenvalue weighted by atomic mass is 16.5. The van der Waals surface area contributed by atoms with E-state index in [1.165, 1.54) is 12.8 Å². The summed E-state index contributed by atoms with van der Waals surface area (Å²) in [6.07, 6.45) is 4.50. The minimum absolute atomic E-state index is 0.337. The topological polar surface area (TPSA) is 81.6 Å². The molecule has 4 N–H and O–H groups in total. The predicted octanol–water partition coefficient (Wildman–Crippen LogP) is -0.310. The third-order valence-corrected chi connectivity index (χ3v) is 2.98. The number of hydrogen-bond acceptors (Lipinski definition) is 4. The maximum atomic E-state index is 10.8. The molecule has 0 spiro atoms. The summed E-state index contributed by atoms with van der Waals surface area (Å²) in [4.78, 5) is 12.9. The van der Waals surface area contributed by atoms with Crippen LogP contribution in [0.3, 0.4) is 0 Å². The van der Waals surface area contributed by atoms with E-state index in [0.717, 1.165) is 26.1 Å². The first-order valence-corrected chi connectivity index (χ1v) is 5.94. The van der Waals surface area contributed by atoms with Gasteiger partial charge in [-0.25, -0.2) is 0 Å². The molecule has 1 amide bonds. The van der Waals surface area contributed by atoms with Gasteiger partial charge >= 0.3 is 0 Å². The van der Waals surface area contributed by atoms with Crippen LogP contribution in [0, 0.1) is 0 Å². The number of rotatable bonds is 6. The Morgan fingerprint density at radius 2 is 2.31 bits per heavy atom. The molecule has 1 fully saturated rings. The molecular weight excluding hydrogens is 206 g/mol. The van der Waals surface area contributed by atoms with Gasteiger partial charge in [0.1, 0.15) is 0 Å². The second kappa shape index (κ2) is 6.83. The van der Waals surface area contributed by atoms with Crippen LogP contribution in [0.15, 0.2) is 0 Å². The average Bonchev–Trinajstić information content (AvgIpc) is 2.27. The number of carbonyl (C=O) groups excluding carboxylic acids is 1. The molecule has 0 aromatic carbocycles. The number of primary amides is 1. The molecule has 0 aromatic rings. The minimum Gasteiger partial charge on any atom is -0.377 e. The lowest BCUT2D eigenvalue weighted by atomic mass is 10.1. The van der Waals surface area contributed by atoms with E-state index in [1.54, 1.807) is 0 Å². The highest BCUT2D eigenvalue weighted by molar-refractivity contribution is 5.79. The van der Waals surface area contributed by atoms with Crippen LogP contribution in [-0.2, 0) is 9.53 Å². The molecule has 0 aliphatic carbocycles. The second-order valence-electron chi connectivity index (χ2n) is 4.55. The number of amides is 1. The van der Waals surface area contributed by atoms with Crippen LogP contribution in [0.1, 0.15) is 25.7 Å². The number of carbonyl (C=O) groups is 1. The van der Waals surface area contributed by atoms with Crippen LogP contribution in [0.4, 0.5) is 0 Å². The third-order valence-electron chi connectivity index (χ3n) is 2.98. The van der Waals surface area contributed by atoms with Crippen LogP contribution < -0.4 is 11.5 Å². The van der Waals surface area contributed by atoms with Crippen LogP contribution >= 0.6 is 0 Å². The van der Waals surface area contributed by atoms with Gasteiger partial charge in [-0.05, 0) is 39.3 Å². The fourth-order valence-corrected chi connectivity index (χ4v) is 1.89. The van der Waals surface area contributed by atoms with Gasteiger partial charge in [0, 0.05) is 13.2 Å². The maximum absolute atomic E-state index is 10.8. The van der Waals surface area contributed by atoms with Gasteiger partial charge in [-0.2, -0.15) is 0 Å². The van der Waals surface area contributed by atoms with Gasteiger partial charge in [0.15, 0.2) is 0 Å². The van der Waals surface area contributed by atoms with Crippen molar-refractivity contribution in [3.63, 3.8) is 0 Å². The quantitative estimate of drug-likeness (QED) is 0.654. The van der Waals surface area contributed by atoms with E-state index in [1.807, 2.05) is 7.05 Å². The first-order valence-electron chi connectivity index (χ1n) is 5.94. The zero-order chi connectivity index (χ0) is 12.0. The maximum Gasteiger partial charge on any atom is 0.234 e. The number of likely N-dealkylation sites (N-methyl/N-ethyl adjacent to an activating group) is 1. The Morgan fingerprint density at radius 3 is 2.88 bits per heavy atom. The first kappa shape index (κ1) is 13.4. The summed E-state index contributed by atoms with van der Waals surface area (Å²) in [6.45, 7) is 2.56. The fourth-order valence-electron chi connectivity index (χ4n) is 1.89. The van der Waals surface area contributed by atoms with Gasteiger partial charge in [0.25, 0.3) is 0 Å². The molecule has 5 nitrogen and oxygen atoms in total. The monoisotopic (exact) mass is 229 g/mol. The molecule has 1 saturated heterocycles. The molecule has 2 unspecified atom stereocenters. The Kier molecular flexibility index (Phi) is 5.73. The average molecular weight is 229 g/mol. The Balaban J connectivity index is 2.14. The molecule has 0 bridgehead atoms. The van der Waals surface area contributed by atoms with E-state index in [2.05, 4.69) is 4.90 Å². The summed E-state index contributed by atoms with van der Waals surface area (Å²) in [6, 6.07) is -0.533. The van der Waals surface area contributed by atoms with E-state index < -0.39 is 11.9 Å². The summed E-state index contributed by atoms with van der Waals surface area (Å²) in [7, 11) is 2.02. The predicted molar refractivity (Wildman–Crippen MR) is 62.9 cm³/mol. The number of ether oxygens (including phenoxy) is 1. The molecule has 1 heterocycles. The number of nitrogens with two attached hydrogens (primary N) is 2. The van der Waals surface area contributed by atoms with Crippen LogP contribution in [0.2, 0.25) is 0 Å². The Bertz CT molecular complexity index is 217. The van der Waals surface area contributed by atoms with E-state index in [0.29, 0.717) is 12.5 Å². The lowest BCUT2D eigenvalue weighted by molar-refractivity contribution is -0.119. The molecule has 16 heavy (non-hydrogen) atoms. The van der Waals surface area contributed by atoms with Crippen molar-refractivity contribution in [1.82, 2.24) is 4.90 Å². The van der Waals surface area contributed by atoms with E-state index in [9.17, 15) is 4.79 Å². The van der Waals surface area contributed by atoms with Gasteiger partial charge in [-0.15, -0.1) is 0 Å². The van der Waals surface area contributed by atoms with Crippen molar-refractivity contribution in [2.45, 2.75) is 37.8 Å². The van der Waals surface area contributed by atoms with Gasteiger partial charge in [0.2, 0.25) is 5.91 Å². The van der Waals surface area contributed by atoms with Crippen molar-refractivity contribution in [1.29, 1.82) is 0 Å². The highest BCUT2D eigenvalue weighted by Gasteiger charge is 2.16. The standard InChI is InChI=1S/C11H23N3O2/c1-14(6-5-10(12)11(13)15)8-9-4-2-3-7-16-9/h9-10H,2-8,12H2,1H3,(H2,13,15). The largest absolute Gasteiger partial charge is 0.377 e. The highest BCUT2D eigenvalue weighted by Crippen LogP contribution is 2.13. The Labute approximate surface area is 97.1 Å². The summed E-state index contributed by atoms with van der Waals surface area (Å²) in [5.41, 5.74) is 10.7. The van der Waals surface area contributed by atoms with Crippen molar-refractivity contribution in [3.8, 4) is 0 Å². The zero-order valence-electron chi connectivity index (χ0n) is 10.0. The number of hydrogen-bond donors (Lipinski definition) is 2. The minimum atomic E-state index is -0.533. The normalized spacial score (nSPS) is 23.3. The SMILES string of the molecule is CN(CCC(N)C(N)=O)CC1CCCCO1. The zero-order valence-corrected chi connectivity index (χ0v) is 10.0. The summed E-state index contributed by atoms with van der Waals surface area (Å²) >= 11 is 0. The van der Waals surface area contributed by atoms with Crippen LogP contribution in [0.5, 0.6) is 0 Å². The summed E-state index contributed by atoms with van der Waals surface area (Å²) in [5, 5.41) is 0. The van der Waals surface area contributed by atoms with E-state index >= 15 is 0 Å². The van der Waals surface area contributed by atoms with Crippen molar-refractivity contribution in [3.05, 3.63) is 0 Å². The smallest absolute Gasteiger partial charge is 0.234 e. The molecule has 0 radical (unpaired) electrons. The molecule has 0 aromatic heterocycles. The lowest BCUT2D eigenvalue weighted by Crippen LogP contribution is -2.40. The van der Waals surface area contributed by atoms with Crippen molar-refractivity contribution in [2.75, 3.05) is 26.7 Å². The first-order chi connectivity index (χ1) is 7.59. The summed E-state index contributed by atoms with van der Waals surface area (Å²) < 4.78 is 5.64. The lowest BCUT2D eigenvalue weighted by Gasteiger charge is -2.27. The molecule has 0 saturated carbocycles. The van der Waals surface area contributed by atoms with Crippen LogP contribution in [-0.4, -0.2) is 49.7 Å². The van der Waals surface area contributed by atoms with Gasteiger partial charge in [0.05, 0.1) is 12.1 Å². The fraction of sp³-hybridized carbons (Fsp3) is 0.909. The van der Waals surface area contributed by atoms with Gasteiger partial charge < -0.3 is 21.1 Å². The molecule has 1 aliphatic heterocycles. The number of nitrogens with zero attached hydrogens (tertiary/aromatic N) is 1. The molecule has 1 aliphatic rings. The molecule has 5 heteroatoms. The second-order valence-corrected chi connectivity index (χ2v) is 4.55. The Hall–Kier alpha value is -0.650. The third kappa shape index (κ3) is 4.92. The van der Waals surface area contributed by atoms with Crippen molar-refractivity contribution >= 4 is 5.91 Å². The van der Waals surface area contributed by atoms with Gasteiger partial charge in [-0.1, -0.05) is 0 Å². The van der Waals surface area contributed by atoms with E-state index in [4.69, 9.17) is 16.2 Å². The molecular formula is C11H23N3O2. The van der Waals surface area contributed by atoms with E-state index in [-0.39, 0.29) is 0 Å². The molecule has 94 valence electrons. The van der Waals surface area contributed by atoms with Crippen molar-refractivity contribution < 1.29 is 9.53 Å². The summed E-state index contributed by atoms with van der Waals surface area (Å²) in [5.74, 6) is -0.428. The molecule has 1 rings (SSSR count). The molecule has 2 atom stereocenters. The van der Waals surface area contributed by atoms with Crippen LogP contribution in [0.25, 0.3) is 0 Å².